The average Bonchev–Trinajstić information content (AvgIpc) is 2.72. The topological polar surface area (TPSA) is 59.5 Å². The summed E-state index contributed by atoms with van der Waals surface area (Å²) < 4.78 is 1.90. The van der Waals surface area contributed by atoms with Gasteiger partial charge in [-0.05, 0) is 25.3 Å². The van der Waals surface area contributed by atoms with Crippen LogP contribution < -0.4 is 10.6 Å². The highest BCUT2D eigenvalue weighted by Gasteiger charge is 2.25. The van der Waals surface area contributed by atoms with E-state index in [0.29, 0.717) is 12.0 Å². The third-order valence-corrected chi connectivity index (χ3v) is 3.76. The fourth-order valence-electron chi connectivity index (χ4n) is 2.63. The molecule has 1 fully saturated rings. The predicted molar refractivity (Wildman–Crippen MR) is 71.7 cm³/mol. The number of nitrogens with zero attached hydrogens (tertiary/aromatic N) is 4. The number of piperidine rings is 1. The molecule has 3 rings (SSSR count). The summed E-state index contributed by atoms with van der Waals surface area (Å²) in [5.74, 6) is 1.53. The van der Waals surface area contributed by atoms with Gasteiger partial charge in [0.2, 0.25) is 0 Å². The second-order valence-corrected chi connectivity index (χ2v) is 5.24. The van der Waals surface area contributed by atoms with Crippen LogP contribution in [-0.4, -0.2) is 33.7 Å². The lowest BCUT2D eigenvalue weighted by Crippen LogP contribution is -2.46. The van der Waals surface area contributed by atoms with Crippen molar-refractivity contribution in [2.75, 3.05) is 18.0 Å². The molecule has 18 heavy (non-hydrogen) atoms. The molecule has 1 saturated heterocycles. The van der Waals surface area contributed by atoms with Crippen LogP contribution in [0.4, 0.5) is 5.82 Å². The van der Waals surface area contributed by atoms with Crippen LogP contribution in [0, 0.1) is 12.8 Å². The molecule has 5 nitrogen and oxygen atoms in total. The van der Waals surface area contributed by atoms with Crippen LogP contribution in [0.25, 0.3) is 5.52 Å². The van der Waals surface area contributed by atoms with Gasteiger partial charge in [0.25, 0.3) is 0 Å². The van der Waals surface area contributed by atoms with E-state index in [4.69, 9.17) is 5.73 Å². The maximum absolute atomic E-state index is 6.07. The molecule has 2 N–H and O–H groups in total. The Morgan fingerprint density at radius 3 is 3.06 bits per heavy atom. The maximum atomic E-state index is 6.07. The zero-order valence-electron chi connectivity index (χ0n) is 10.9. The number of nitrogens with two attached hydrogens (primary N) is 1. The van der Waals surface area contributed by atoms with E-state index in [0.717, 1.165) is 36.5 Å². The molecule has 2 aromatic heterocycles. The third kappa shape index (κ3) is 1.84. The molecule has 0 spiro atoms. The van der Waals surface area contributed by atoms with Gasteiger partial charge in [-0.1, -0.05) is 6.92 Å². The zero-order valence-corrected chi connectivity index (χ0v) is 10.9. The quantitative estimate of drug-likeness (QED) is 0.820. The summed E-state index contributed by atoms with van der Waals surface area (Å²) in [7, 11) is 0. The molecule has 96 valence electrons. The van der Waals surface area contributed by atoms with Crippen LogP contribution in [0.1, 0.15) is 19.0 Å². The molecule has 0 saturated carbocycles. The largest absolute Gasteiger partial charge is 0.354 e. The van der Waals surface area contributed by atoms with Gasteiger partial charge in [-0.25, -0.2) is 9.50 Å². The fourth-order valence-corrected chi connectivity index (χ4v) is 2.63. The van der Waals surface area contributed by atoms with Gasteiger partial charge in [-0.15, -0.1) is 0 Å². The first kappa shape index (κ1) is 11.5. The molecule has 0 radical (unpaired) electrons. The van der Waals surface area contributed by atoms with Crippen molar-refractivity contribution in [2.45, 2.75) is 26.3 Å². The molecule has 2 atom stereocenters. The van der Waals surface area contributed by atoms with Gasteiger partial charge < -0.3 is 10.6 Å². The normalized spacial score (nSPS) is 24.7. The molecule has 0 aromatic carbocycles. The van der Waals surface area contributed by atoms with Crippen molar-refractivity contribution in [1.29, 1.82) is 0 Å². The van der Waals surface area contributed by atoms with Gasteiger partial charge in [0.1, 0.15) is 5.52 Å². The van der Waals surface area contributed by atoms with Crippen molar-refractivity contribution in [3.8, 4) is 0 Å². The van der Waals surface area contributed by atoms with E-state index in [1.807, 2.05) is 23.8 Å². The second kappa shape index (κ2) is 4.24. The van der Waals surface area contributed by atoms with E-state index in [1.165, 1.54) is 0 Å². The number of aryl methyl sites for hydroxylation is 1. The fraction of sp³-hybridized carbons (Fsp3) is 0.538. The zero-order chi connectivity index (χ0) is 12.7. The van der Waals surface area contributed by atoms with Crippen LogP contribution in [0.2, 0.25) is 0 Å². The number of hydrogen-bond acceptors (Lipinski definition) is 4. The Balaban J connectivity index is 1.99. The number of hydrogen-bond donors (Lipinski definition) is 1. The van der Waals surface area contributed by atoms with Gasteiger partial charge >= 0.3 is 0 Å². The number of rotatable bonds is 1. The summed E-state index contributed by atoms with van der Waals surface area (Å²) in [4.78, 5) is 6.85. The lowest BCUT2D eigenvalue weighted by Gasteiger charge is -2.35. The Labute approximate surface area is 107 Å². The molecule has 0 amide bonds. The minimum atomic E-state index is 0.313. The second-order valence-electron chi connectivity index (χ2n) is 5.24. The molecule has 1 aliphatic heterocycles. The van der Waals surface area contributed by atoms with Crippen LogP contribution in [0.5, 0.6) is 0 Å². The van der Waals surface area contributed by atoms with E-state index in [2.05, 4.69) is 28.0 Å². The highest BCUT2D eigenvalue weighted by molar-refractivity contribution is 5.69. The Bertz CT molecular complexity index is 562. The van der Waals surface area contributed by atoms with E-state index >= 15 is 0 Å². The monoisotopic (exact) mass is 245 g/mol. The summed E-state index contributed by atoms with van der Waals surface area (Å²) in [6, 6.07) is 2.40. The molecular formula is C13H19N5. The molecule has 1 aliphatic rings. The first-order valence-corrected chi connectivity index (χ1v) is 6.46. The minimum Gasteiger partial charge on any atom is -0.354 e. The number of fused-ring (bicyclic) bond motifs is 1. The summed E-state index contributed by atoms with van der Waals surface area (Å²) in [5, 5.41) is 4.43. The van der Waals surface area contributed by atoms with Crippen molar-refractivity contribution < 1.29 is 0 Å². The highest BCUT2D eigenvalue weighted by atomic mass is 15.3. The van der Waals surface area contributed by atoms with Crippen molar-refractivity contribution in [2.24, 2.45) is 11.7 Å². The molecule has 2 aromatic rings. The summed E-state index contributed by atoms with van der Waals surface area (Å²) in [5.41, 5.74) is 8.17. The molecular weight excluding hydrogens is 226 g/mol. The Hall–Kier alpha value is -1.62. The van der Waals surface area contributed by atoms with Crippen LogP contribution in [0.15, 0.2) is 18.5 Å². The first-order chi connectivity index (χ1) is 8.65. The van der Waals surface area contributed by atoms with Crippen molar-refractivity contribution >= 4 is 11.3 Å². The van der Waals surface area contributed by atoms with Gasteiger partial charge in [-0.2, -0.15) is 5.10 Å². The van der Waals surface area contributed by atoms with E-state index in [1.54, 1.807) is 0 Å². The van der Waals surface area contributed by atoms with E-state index in [9.17, 15) is 0 Å². The maximum Gasteiger partial charge on any atom is 0.154 e. The Morgan fingerprint density at radius 1 is 1.44 bits per heavy atom. The van der Waals surface area contributed by atoms with E-state index in [-0.39, 0.29) is 0 Å². The molecule has 3 heterocycles. The average molecular weight is 245 g/mol. The summed E-state index contributed by atoms with van der Waals surface area (Å²) in [6.45, 7) is 6.16. The number of aromatic nitrogens is 3. The standard InChI is InChI=1S/C13H19N5/c1-9-8-17(5-3-11(9)14)13-12-7-10(2)16-18(12)6-4-15-13/h4,6-7,9,11H,3,5,8,14H2,1-2H3. The van der Waals surface area contributed by atoms with Crippen LogP contribution >= 0.6 is 0 Å². The number of anilines is 1. The predicted octanol–water partition coefficient (Wildman–Crippen LogP) is 1.21. The minimum absolute atomic E-state index is 0.313. The van der Waals surface area contributed by atoms with Crippen LogP contribution in [0.3, 0.4) is 0 Å². The highest BCUT2D eigenvalue weighted by Crippen LogP contribution is 2.24. The first-order valence-electron chi connectivity index (χ1n) is 6.46. The molecule has 2 unspecified atom stereocenters. The molecule has 0 bridgehead atoms. The van der Waals surface area contributed by atoms with Gasteiger partial charge in [0, 0.05) is 31.5 Å². The van der Waals surface area contributed by atoms with Gasteiger partial charge in [0.15, 0.2) is 5.82 Å². The Kier molecular flexibility index (Phi) is 2.70. The van der Waals surface area contributed by atoms with Crippen LogP contribution in [-0.2, 0) is 0 Å². The lowest BCUT2D eigenvalue weighted by molar-refractivity contribution is 0.381. The lowest BCUT2D eigenvalue weighted by atomic mass is 9.95. The summed E-state index contributed by atoms with van der Waals surface area (Å²) >= 11 is 0. The third-order valence-electron chi connectivity index (χ3n) is 3.76. The smallest absolute Gasteiger partial charge is 0.154 e. The van der Waals surface area contributed by atoms with Crippen molar-refractivity contribution in [1.82, 2.24) is 14.6 Å². The van der Waals surface area contributed by atoms with E-state index < -0.39 is 0 Å². The summed E-state index contributed by atoms with van der Waals surface area (Å²) in [6.07, 6.45) is 4.73. The van der Waals surface area contributed by atoms with Crippen molar-refractivity contribution in [3.63, 3.8) is 0 Å². The molecule has 0 aliphatic carbocycles. The van der Waals surface area contributed by atoms with Gasteiger partial charge in [-0.3, -0.25) is 0 Å². The van der Waals surface area contributed by atoms with Gasteiger partial charge in [0.05, 0.1) is 5.69 Å². The molecule has 5 heteroatoms. The van der Waals surface area contributed by atoms with Crippen molar-refractivity contribution in [3.05, 3.63) is 24.2 Å². The Morgan fingerprint density at radius 2 is 2.28 bits per heavy atom. The SMILES string of the molecule is Cc1cc2c(N3CCC(N)C(C)C3)nccn2n1.